The van der Waals surface area contributed by atoms with Crippen LogP contribution >= 0.6 is 0 Å². The first kappa shape index (κ1) is 15.1. The predicted octanol–water partition coefficient (Wildman–Crippen LogP) is 2.37. The van der Waals surface area contributed by atoms with E-state index in [9.17, 15) is 0 Å². The predicted molar refractivity (Wildman–Crippen MR) is 85.3 cm³/mol. The van der Waals surface area contributed by atoms with Crippen molar-refractivity contribution in [3.8, 4) is 0 Å². The fraction of sp³-hybridized carbons (Fsp3) is 0.765. The normalized spacial score (nSPS) is 23.9. The lowest BCUT2D eigenvalue weighted by Crippen LogP contribution is -2.44. The number of rotatable bonds is 6. The summed E-state index contributed by atoms with van der Waals surface area (Å²) in [5, 5.41) is 3.53. The van der Waals surface area contributed by atoms with E-state index in [1.54, 1.807) is 0 Å². The van der Waals surface area contributed by atoms with E-state index in [0.29, 0.717) is 6.04 Å². The molecule has 0 amide bonds. The molecule has 1 aromatic heterocycles. The third-order valence-corrected chi connectivity index (χ3v) is 4.82. The third-order valence-electron chi connectivity index (χ3n) is 4.82. The zero-order valence-corrected chi connectivity index (χ0v) is 13.7. The van der Waals surface area contributed by atoms with Crippen LogP contribution in [-0.2, 0) is 13.1 Å². The maximum absolute atomic E-state index is 5.91. The molecular weight excluding hydrogens is 262 g/mol. The SMILES string of the molecule is Cc1oc(CNC2CC2)cc1CN1CCCC(N(C)C)C1. The number of hydrogen-bond acceptors (Lipinski definition) is 4. The first-order valence-corrected chi connectivity index (χ1v) is 8.32. The van der Waals surface area contributed by atoms with Crippen LogP contribution in [0.25, 0.3) is 0 Å². The molecule has 1 N–H and O–H groups in total. The highest BCUT2D eigenvalue weighted by Crippen LogP contribution is 2.22. The van der Waals surface area contributed by atoms with Gasteiger partial charge in [-0.25, -0.2) is 0 Å². The Morgan fingerprint density at radius 2 is 2.14 bits per heavy atom. The summed E-state index contributed by atoms with van der Waals surface area (Å²) in [6.07, 6.45) is 5.28. The minimum Gasteiger partial charge on any atom is -0.465 e. The molecule has 0 bridgehead atoms. The smallest absolute Gasteiger partial charge is 0.118 e. The Balaban J connectivity index is 1.55. The van der Waals surface area contributed by atoms with Gasteiger partial charge in [-0.15, -0.1) is 0 Å². The number of hydrogen-bond donors (Lipinski definition) is 1. The largest absolute Gasteiger partial charge is 0.465 e. The van der Waals surface area contributed by atoms with Gasteiger partial charge in [0.05, 0.1) is 6.54 Å². The van der Waals surface area contributed by atoms with Crippen LogP contribution in [0.2, 0.25) is 0 Å². The van der Waals surface area contributed by atoms with Gasteiger partial charge in [-0.3, -0.25) is 4.90 Å². The van der Waals surface area contributed by atoms with Crippen molar-refractivity contribution in [1.82, 2.24) is 15.1 Å². The van der Waals surface area contributed by atoms with Crippen molar-refractivity contribution in [2.75, 3.05) is 27.2 Å². The van der Waals surface area contributed by atoms with Crippen LogP contribution in [-0.4, -0.2) is 49.1 Å². The number of piperidine rings is 1. The summed E-state index contributed by atoms with van der Waals surface area (Å²) in [4.78, 5) is 4.93. The fourth-order valence-electron chi connectivity index (χ4n) is 3.20. The van der Waals surface area contributed by atoms with Crippen molar-refractivity contribution < 1.29 is 4.42 Å². The van der Waals surface area contributed by atoms with E-state index >= 15 is 0 Å². The Morgan fingerprint density at radius 3 is 2.86 bits per heavy atom. The summed E-state index contributed by atoms with van der Waals surface area (Å²) in [7, 11) is 4.39. The number of nitrogens with zero attached hydrogens (tertiary/aromatic N) is 2. The van der Waals surface area contributed by atoms with Crippen LogP contribution in [0, 0.1) is 6.92 Å². The Labute approximate surface area is 128 Å². The number of likely N-dealkylation sites (N-methyl/N-ethyl adjacent to an activating group) is 1. The van der Waals surface area contributed by atoms with E-state index in [1.807, 2.05) is 0 Å². The molecule has 21 heavy (non-hydrogen) atoms. The van der Waals surface area contributed by atoms with Crippen molar-refractivity contribution in [2.45, 2.75) is 57.8 Å². The van der Waals surface area contributed by atoms with Gasteiger partial charge in [0.1, 0.15) is 11.5 Å². The number of furan rings is 1. The Bertz CT molecular complexity index is 465. The second-order valence-corrected chi connectivity index (χ2v) is 6.94. The molecule has 1 unspecified atom stereocenters. The molecule has 2 aliphatic rings. The Hall–Kier alpha value is -0.840. The number of nitrogens with one attached hydrogen (secondary N) is 1. The van der Waals surface area contributed by atoms with Crippen LogP contribution in [0.1, 0.15) is 42.8 Å². The summed E-state index contributed by atoms with van der Waals surface area (Å²) in [6.45, 7) is 6.40. The fourth-order valence-corrected chi connectivity index (χ4v) is 3.20. The zero-order chi connectivity index (χ0) is 14.8. The highest BCUT2D eigenvalue weighted by Gasteiger charge is 2.23. The van der Waals surface area contributed by atoms with Crippen LogP contribution in [0.15, 0.2) is 10.5 Å². The van der Waals surface area contributed by atoms with E-state index < -0.39 is 0 Å². The lowest BCUT2D eigenvalue weighted by atomic mass is 10.0. The zero-order valence-electron chi connectivity index (χ0n) is 13.7. The Kier molecular flexibility index (Phi) is 4.67. The monoisotopic (exact) mass is 291 g/mol. The van der Waals surface area contributed by atoms with Crippen LogP contribution < -0.4 is 5.32 Å². The van der Waals surface area contributed by atoms with Gasteiger partial charge < -0.3 is 14.6 Å². The second kappa shape index (κ2) is 6.51. The first-order chi connectivity index (χ1) is 10.1. The lowest BCUT2D eigenvalue weighted by Gasteiger charge is -2.36. The van der Waals surface area contributed by atoms with E-state index in [-0.39, 0.29) is 0 Å². The van der Waals surface area contributed by atoms with Crippen molar-refractivity contribution in [1.29, 1.82) is 0 Å². The molecule has 1 aliphatic carbocycles. The van der Waals surface area contributed by atoms with Crippen LogP contribution in [0.3, 0.4) is 0 Å². The molecule has 0 radical (unpaired) electrons. The molecule has 4 heteroatoms. The minimum atomic E-state index is 0.696. The van der Waals surface area contributed by atoms with E-state index in [2.05, 4.69) is 42.2 Å². The van der Waals surface area contributed by atoms with Gasteiger partial charge in [0.15, 0.2) is 0 Å². The van der Waals surface area contributed by atoms with Gasteiger partial charge in [-0.1, -0.05) is 0 Å². The molecule has 1 atom stereocenters. The lowest BCUT2D eigenvalue weighted by molar-refractivity contribution is 0.127. The van der Waals surface area contributed by atoms with Gasteiger partial charge in [-0.2, -0.15) is 0 Å². The summed E-state index contributed by atoms with van der Waals surface area (Å²) in [5.74, 6) is 2.19. The van der Waals surface area contributed by atoms with Crippen molar-refractivity contribution in [2.24, 2.45) is 0 Å². The molecule has 118 valence electrons. The molecular formula is C17H29N3O. The minimum absolute atomic E-state index is 0.696. The molecule has 1 saturated heterocycles. The van der Waals surface area contributed by atoms with E-state index in [4.69, 9.17) is 4.42 Å². The van der Waals surface area contributed by atoms with Gasteiger partial charge >= 0.3 is 0 Å². The summed E-state index contributed by atoms with van der Waals surface area (Å²) >= 11 is 0. The molecule has 1 aromatic rings. The van der Waals surface area contributed by atoms with Gasteiger partial charge in [0, 0.05) is 30.7 Å². The maximum atomic E-state index is 5.91. The molecule has 4 nitrogen and oxygen atoms in total. The van der Waals surface area contributed by atoms with E-state index in [0.717, 1.165) is 30.7 Å². The average Bonchev–Trinajstić information content (AvgIpc) is 3.22. The molecule has 1 saturated carbocycles. The quantitative estimate of drug-likeness (QED) is 0.872. The third kappa shape index (κ3) is 4.09. The van der Waals surface area contributed by atoms with Crippen molar-refractivity contribution in [3.05, 3.63) is 23.2 Å². The van der Waals surface area contributed by atoms with Gasteiger partial charge in [0.25, 0.3) is 0 Å². The summed E-state index contributed by atoms with van der Waals surface area (Å²) in [5.41, 5.74) is 1.36. The van der Waals surface area contributed by atoms with Gasteiger partial charge in [-0.05, 0) is 59.3 Å². The van der Waals surface area contributed by atoms with Crippen molar-refractivity contribution >= 4 is 0 Å². The molecule has 0 spiro atoms. The average molecular weight is 291 g/mol. The first-order valence-electron chi connectivity index (χ1n) is 8.32. The van der Waals surface area contributed by atoms with Gasteiger partial charge in [0.2, 0.25) is 0 Å². The second-order valence-electron chi connectivity index (χ2n) is 6.94. The Morgan fingerprint density at radius 1 is 1.33 bits per heavy atom. The maximum Gasteiger partial charge on any atom is 0.118 e. The topological polar surface area (TPSA) is 31.7 Å². The molecule has 0 aromatic carbocycles. The molecule has 3 rings (SSSR count). The number of aryl methyl sites for hydroxylation is 1. The molecule has 2 fully saturated rings. The van der Waals surface area contributed by atoms with Crippen LogP contribution in [0.4, 0.5) is 0 Å². The summed E-state index contributed by atoms with van der Waals surface area (Å²) in [6, 6.07) is 3.69. The molecule has 1 aliphatic heterocycles. The number of likely N-dealkylation sites (tertiary alicyclic amines) is 1. The highest BCUT2D eigenvalue weighted by atomic mass is 16.3. The van der Waals surface area contributed by atoms with Crippen molar-refractivity contribution in [3.63, 3.8) is 0 Å². The molecule has 2 heterocycles. The highest BCUT2D eigenvalue weighted by molar-refractivity contribution is 5.21. The summed E-state index contributed by atoms with van der Waals surface area (Å²) < 4.78 is 5.91. The van der Waals surface area contributed by atoms with Crippen LogP contribution in [0.5, 0.6) is 0 Å². The van der Waals surface area contributed by atoms with E-state index in [1.165, 1.54) is 44.3 Å². The standard InChI is InChI=1S/C17H29N3O/c1-13-14(9-17(21-13)10-18-15-6-7-15)11-20-8-4-5-16(12-20)19(2)3/h9,15-16,18H,4-8,10-12H2,1-3H3.